The number of imide groups is 1. The summed E-state index contributed by atoms with van der Waals surface area (Å²) < 4.78 is 4.17. The molecule has 3 N–H and O–H groups in total. The van der Waals surface area contributed by atoms with Crippen LogP contribution in [0.3, 0.4) is 0 Å². The first-order valence-corrected chi connectivity index (χ1v) is 9.32. The Morgan fingerprint density at radius 1 is 1.36 bits per heavy atom. The standard InChI is InChI=1S/C16H23N5O3S/c1-10-11(13(17-2)25-20-10)12(22)18-8-5-9-21-14(23)16(19-15(21)24)6-3-4-7-16/h17H,3-9H2,1-2H3,(H,18,22)(H,19,24). The highest BCUT2D eigenvalue weighted by molar-refractivity contribution is 7.10. The minimum Gasteiger partial charge on any atom is -0.378 e. The van der Waals surface area contributed by atoms with Crippen molar-refractivity contribution in [1.29, 1.82) is 0 Å². The molecule has 0 bridgehead atoms. The molecule has 8 nitrogen and oxygen atoms in total. The number of hydrogen-bond donors (Lipinski definition) is 3. The van der Waals surface area contributed by atoms with E-state index in [1.54, 1.807) is 14.0 Å². The molecule has 1 aromatic rings. The maximum Gasteiger partial charge on any atom is 0.325 e. The van der Waals surface area contributed by atoms with E-state index in [1.807, 2.05) is 0 Å². The minimum atomic E-state index is -0.665. The van der Waals surface area contributed by atoms with Gasteiger partial charge in [-0.25, -0.2) is 4.79 Å². The average molecular weight is 365 g/mol. The number of nitrogens with one attached hydrogen (secondary N) is 3. The van der Waals surface area contributed by atoms with E-state index in [2.05, 4.69) is 20.3 Å². The van der Waals surface area contributed by atoms with Crippen LogP contribution in [0.4, 0.5) is 9.80 Å². The molecule has 9 heteroatoms. The van der Waals surface area contributed by atoms with Crippen molar-refractivity contribution in [3.05, 3.63) is 11.3 Å². The first-order valence-electron chi connectivity index (χ1n) is 8.55. The lowest BCUT2D eigenvalue weighted by Gasteiger charge is -2.20. The van der Waals surface area contributed by atoms with Crippen molar-refractivity contribution in [2.24, 2.45) is 0 Å². The Hall–Kier alpha value is -2.16. The van der Waals surface area contributed by atoms with Gasteiger partial charge in [0.2, 0.25) is 0 Å². The van der Waals surface area contributed by atoms with Gasteiger partial charge in [-0.15, -0.1) is 0 Å². The summed E-state index contributed by atoms with van der Waals surface area (Å²) in [4.78, 5) is 38.2. The SMILES string of the molecule is CNc1snc(C)c1C(=O)NCCCN1C(=O)NC2(CCCC2)C1=O. The van der Waals surface area contributed by atoms with Gasteiger partial charge in [-0.3, -0.25) is 14.5 Å². The van der Waals surface area contributed by atoms with Gasteiger partial charge < -0.3 is 16.0 Å². The van der Waals surface area contributed by atoms with E-state index in [0.717, 1.165) is 30.7 Å². The van der Waals surface area contributed by atoms with E-state index in [1.165, 1.54) is 16.4 Å². The van der Waals surface area contributed by atoms with Crippen LogP contribution in [0.25, 0.3) is 0 Å². The number of aryl methyl sites for hydroxylation is 1. The Kier molecular flexibility index (Phi) is 4.94. The van der Waals surface area contributed by atoms with Crippen molar-refractivity contribution in [2.75, 3.05) is 25.5 Å². The Morgan fingerprint density at radius 2 is 2.08 bits per heavy atom. The Bertz CT molecular complexity index is 696. The topological polar surface area (TPSA) is 103 Å². The molecule has 0 aromatic carbocycles. The molecule has 4 amide bonds. The highest BCUT2D eigenvalue weighted by Gasteiger charge is 2.51. The number of aromatic nitrogens is 1. The first-order chi connectivity index (χ1) is 12.0. The van der Waals surface area contributed by atoms with Gasteiger partial charge in [0.25, 0.3) is 11.8 Å². The molecule has 1 aliphatic carbocycles. The molecular formula is C16H23N5O3S. The molecule has 3 rings (SSSR count). The highest BCUT2D eigenvalue weighted by Crippen LogP contribution is 2.35. The van der Waals surface area contributed by atoms with Gasteiger partial charge in [-0.2, -0.15) is 4.37 Å². The molecule has 2 fully saturated rings. The van der Waals surface area contributed by atoms with E-state index in [9.17, 15) is 14.4 Å². The van der Waals surface area contributed by atoms with Crippen molar-refractivity contribution < 1.29 is 14.4 Å². The number of urea groups is 1. The van der Waals surface area contributed by atoms with E-state index in [0.29, 0.717) is 30.8 Å². The van der Waals surface area contributed by atoms with Crippen molar-refractivity contribution in [1.82, 2.24) is 19.9 Å². The van der Waals surface area contributed by atoms with Crippen molar-refractivity contribution in [3.8, 4) is 0 Å². The number of rotatable bonds is 6. The summed E-state index contributed by atoms with van der Waals surface area (Å²) >= 11 is 1.25. The fraction of sp³-hybridized carbons (Fsp3) is 0.625. The molecule has 2 aliphatic rings. The summed E-state index contributed by atoms with van der Waals surface area (Å²) in [5, 5.41) is 9.38. The summed E-state index contributed by atoms with van der Waals surface area (Å²) in [6, 6.07) is -0.312. The van der Waals surface area contributed by atoms with E-state index < -0.39 is 5.54 Å². The monoisotopic (exact) mass is 365 g/mol. The Balaban J connectivity index is 1.50. The molecule has 0 atom stereocenters. The summed E-state index contributed by atoms with van der Waals surface area (Å²) in [7, 11) is 1.75. The predicted molar refractivity (Wildman–Crippen MR) is 94.8 cm³/mol. The summed E-state index contributed by atoms with van der Waals surface area (Å²) in [6.07, 6.45) is 3.91. The zero-order valence-corrected chi connectivity index (χ0v) is 15.3. The molecule has 1 saturated heterocycles. The van der Waals surface area contributed by atoms with Gasteiger partial charge in [-0.05, 0) is 37.7 Å². The third-order valence-corrected chi connectivity index (χ3v) is 5.82. The zero-order chi connectivity index (χ0) is 18.0. The second-order valence-electron chi connectivity index (χ2n) is 6.51. The molecule has 1 saturated carbocycles. The summed E-state index contributed by atoms with van der Waals surface area (Å²) in [5.74, 6) is -0.309. The van der Waals surface area contributed by atoms with Gasteiger partial charge >= 0.3 is 6.03 Å². The van der Waals surface area contributed by atoms with Crippen LogP contribution in [0.1, 0.15) is 48.2 Å². The van der Waals surface area contributed by atoms with Gasteiger partial charge in [0, 0.05) is 20.1 Å². The molecular weight excluding hydrogens is 342 g/mol. The van der Waals surface area contributed by atoms with Crippen LogP contribution < -0.4 is 16.0 Å². The van der Waals surface area contributed by atoms with Gasteiger partial charge in [0.15, 0.2) is 0 Å². The first kappa shape index (κ1) is 17.7. The zero-order valence-electron chi connectivity index (χ0n) is 14.5. The number of carbonyl (C=O) groups excluding carboxylic acids is 3. The second kappa shape index (κ2) is 6.99. The van der Waals surface area contributed by atoms with Crippen LogP contribution in [0.15, 0.2) is 0 Å². The van der Waals surface area contributed by atoms with Gasteiger partial charge in [0.1, 0.15) is 10.5 Å². The molecule has 0 radical (unpaired) electrons. The molecule has 1 aliphatic heterocycles. The molecule has 1 spiro atoms. The number of nitrogens with zero attached hydrogens (tertiary/aromatic N) is 2. The smallest absolute Gasteiger partial charge is 0.325 e. The Labute approximate surface area is 150 Å². The average Bonchev–Trinajstić information content (AvgIpc) is 3.26. The molecule has 0 unspecified atom stereocenters. The highest BCUT2D eigenvalue weighted by atomic mass is 32.1. The number of hydrogen-bond acceptors (Lipinski definition) is 6. The molecule has 25 heavy (non-hydrogen) atoms. The number of anilines is 1. The lowest BCUT2D eigenvalue weighted by atomic mass is 9.98. The maximum absolute atomic E-state index is 12.5. The van der Waals surface area contributed by atoms with Crippen LogP contribution in [-0.4, -0.2) is 52.8 Å². The van der Waals surface area contributed by atoms with Crippen LogP contribution >= 0.6 is 11.5 Å². The van der Waals surface area contributed by atoms with Crippen LogP contribution in [0, 0.1) is 6.92 Å². The molecule has 136 valence electrons. The number of carbonyl (C=O) groups is 3. The largest absolute Gasteiger partial charge is 0.378 e. The number of amides is 4. The third-order valence-electron chi connectivity index (χ3n) is 4.86. The van der Waals surface area contributed by atoms with E-state index in [4.69, 9.17) is 0 Å². The second-order valence-corrected chi connectivity index (χ2v) is 7.28. The van der Waals surface area contributed by atoms with Crippen LogP contribution in [0.2, 0.25) is 0 Å². The minimum absolute atomic E-state index is 0.114. The fourth-order valence-electron chi connectivity index (χ4n) is 3.53. The quantitative estimate of drug-likeness (QED) is 0.523. The predicted octanol–water partition coefficient (Wildman–Crippen LogP) is 1.48. The lowest BCUT2D eigenvalue weighted by Crippen LogP contribution is -2.44. The van der Waals surface area contributed by atoms with E-state index >= 15 is 0 Å². The van der Waals surface area contributed by atoms with Crippen molar-refractivity contribution in [3.63, 3.8) is 0 Å². The summed E-state index contributed by atoms with van der Waals surface area (Å²) in [6.45, 7) is 2.49. The van der Waals surface area contributed by atoms with Crippen molar-refractivity contribution >= 4 is 34.4 Å². The lowest BCUT2D eigenvalue weighted by molar-refractivity contribution is -0.131. The third kappa shape index (κ3) is 3.20. The Morgan fingerprint density at radius 3 is 2.76 bits per heavy atom. The van der Waals surface area contributed by atoms with Crippen LogP contribution in [0.5, 0.6) is 0 Å². The van der Waals surface area contributed by atoms with Gasteiger partial charge in [0.05, 0.1) is 11.3 Å². The van der Waals surface area contributed by atoms with Crippen LogP contribution in [-0.2, 0) is 4.79 Å². The molecule has 1 aromatic heterocycles. The van der Waals surface area contributed by atoms with Crippen molar-refractivity contribution in [2.45, 2.75) is 44.6 Å². The normalized spacial score (nSPS) is 18.7. The molecule has 2 heterocycles. The fourth-order valence-corrected chi connectivity index (χ4v) is 4.27. The maximum atomic E-state index is 12.5. The van der Waals surface area contributed by atoms with Gasteiger partial charge in [-0.1, -0.05) is 12.8 Å². The summed E-state index contributed by atoms with van der Waals surface area (Å²) in [5.41, 5.74) is 0.568. The van der Waals surface area contributed by atoms with E-state index in [-0.39, 0.29) is 17.8 Å².